The number of hydrogen-bond acceptors (Lipinski definition) is 8. The van der Waals surface area contributed by atoms with Crippen molar-refractivity contribution in [3.05, 3.63) is 70.0 Å². The largest absolute Gasteiger partial charge is 0.497 e. The molecule has 0 amide bonds. The molecule has 10 nitrogen and oxygen atoms in total. The van der Waals surface area contributed by atoms with Crippen molar-refractivity contribution in [2.45, 2.75) is 37.8 Å². The van der Waals surface area contributed by atoms with Crippen LogP contribution in [0.3, 0.4) is 0 Å². The molecular weight excluding hydrogens is 434 g/mol. The van der Waals surface area contributed by atoms with E-state index in [0.29, 0.717) is 6.04 Å². The van der Waals surface area contributed by atoms with Crippen LogP contribution < -0.4 is 9.64 Å². The van der Waals surface area contributed by atoms with Gasteiger partial charge < -0.3 is 9.64 Å². The molecule has 5 rings (SSSR count). The number of nitro benzene ring substituents is 1. The number of anilines is 1. The predicted octanol–water partition coefficient (Wildman–Crippen LogP) is 3.62. The molecule has 2 fully saturated rings. The van der Waals surface area contributed by atoms with E-state index in [1.54, 1.807) is 19.2 Å². The number of rotatable bonds is 7. The zero-order valence-electron chi connectivity index (χ0n) is 19.3. The number of tetrazole rings is 1. The van der Waals surface area contributed by atoms with Gasteiger partial charge >= 0.3 is 0 Å². The van der Waals surface area contributed by atoms with Crippen molar-refractivity contribution in [2.24, 2.45) is 0 Å². The molecule has 34 heavy (non-hydrogen) atoms. The normalized spacial score (nSPS) is 18.2. The van der Waals surface area contributed by atoms with Gasteiger partial charge in [0.2, 0.25) is 0 Å². The van der Waals surface area contributed by atoms with Crippen molar-refractivity contribution >= 4 is 11.4 Å². The second kappa shape index (κ2) is 9.76. The Bertz CT molecular complexity index is 1100. The molecule has 1 aliphatic heterocycles. The van der Waals surface area contributed by atoms with E-state index in [2.05, 4.69) is 37.5 Å². The third-order valence-electron chi connectivity index (χ3n) is 6.97. The van der Waals surface area contributed by atoms with E-state index in [4.69, 9.17) is 4.74 Å². The summed E-state index contributed by atoms with van der Waals surface area (Å²) < 4.78 is 7.41. The average molecular weight is 464 g/mol. The van der Waals surface area contributed by atoms with E-state index in [9.17, 15) is 10.1 Å². The maximum absolute atomic E-state index is 11.0. The fourth-order valence-electron chi connectivity index (χ4n) is 5.12. The highest BCUT2D eigenvalue weighted by Crippen LogP contribution is 2.35. The molecule has 1 saturated heterocycles. The van der Waals surface area contributed by atoms with Gasteiger partial charge in [-0.3, -0.25) is 15.0 Å². The number of piperazine rings is 1. The molecule has 1 saturated carbocycles. The van der Waals surface area contributed by atoms with Crippen molar-refractivity contribution in [3.63, 3.8) is 0 Å². The Balaban J connectivity index is 1.39. The van der Waals surface area contributed by atoms with Gasteiger partial charge in [-0.05, 0) is 53.1 Å². The van der Waals surface area contributed by atoms with Crippen LogP contribution in [0.5, 0.6) is 5.75 Å². The van der Waals surface area contributed by atoms with Crippen LogP contribution >= 0.6 is 0 Å². The minimum atomic E-state index is -0.365. The molecule has 1 aromatic heterocycles. The highest BCUT2D eigenvalue weighted by Gasteiger charge is 2.33. The summed E-state index contributed by atoms with van der Waals surface area (Å²) >= 11 is 0. The first-order valence-corrected chi connectivity index (χ1v) is 11.8. The van der Waals surface area contributed by atoms with Crippen LogP contribution in [-0.4, -0.2) is 63.3 Å². The van der Waals surface area contributed by atoms with Crippen molar-refractivity contribution < 1.29 is 9.66 Å². The number of aromatic nitrogens is 4. The molecule has 2 heterocycles. The van der Waals surface area contributed by atoms with Crippen LogP contribution in [-0.2, 0) is 0 Å². The zero-order chi connectivity index (χ0) is 23.5. The lowest BCUT2D eigenvalue weighted by Crippen LogP contribution is -2.48. The molecule has 0 bridgehead atoms. The summed E-state index contributed by atoms with van der Waals surface area (Å²) in [4.78, 5) is 15.3. The first-order chi connectivity index (χ1) is 16.6. The summed E-state index contributed by atoms with van der Waals surface area (Å²) in [7, 11) is 1.67. The van der Waals surface area contributed by atoms with Gasteiger partial charge in [0.25, 0.3) is 5.69 Å². The molecule has 10 heteroatoms. The summed E-state index contributed by atoms with van der Waals surface area (Å²) in [6.45, 7) is 3.28. The fraction of sp³-hybridized carbons (Fsp3) is 0.458. The number of nitro groups is 1. The van der Waals surface area contributed by atoms with Gasteiger partial charge in [0.05, 0.1) is 24.1 Å². The maximum atomic E-state index is 11.0. The lowest BCUT2D eigenvalue weighted by molar-refractivity contribution is -0.384. The minimum absolute atomic E-state index is 0.0551. The van der Waals surface area contributed by atoms with Crippen molar-refractivity contribution in [2.75, 3.05) is 38.2 Å². The van der Waals surface area contributed by atoms with Crippen LogP contribution in [0, 0.1) is 10.1 Å². The van der Waals surface area contributed by atoms with E-state index in [1.165, 1.54) is 12.8 Å². The van der Waals surface area contributed by atoms with Gasteiger partial charge in [0, 0.05) is 44.0 Å². The Morgan fingerprint density at radius 2 is 1.68 bits per heavy atom. The lowest BCUT2D eigenvalue weighted by atomic mass is 10.0. The number of nitrogens with zero attached hydrogens (tertiary/aromatic N) is 7. The van der Waals surface area contributed by atoms with E-state index >= 15 is 0 Å². The Hall–Kier alpha value is -3.53. The Morgan fingerprint density at radius 1 is 1.00 bits per heavy atom. The molecule has 3 aromatic rings. The maximum Gasteiger partial charge on any atom is 0.269 e. The smallest absolute Gasteiger partial charge is 0.269 e. The highest BCUT2D eigenvalue weighted by molar-refractivity contribution is 5.51. The summed E-state index contributed by atoms with van der Waals surface area (Å²) in [6.07, 6.45) is 4.65. The van der Waals surface area contributed by atoms with Crippen LogP contribution in [0.15, 0.2) is 48.5 Å². The summed E-state index contributed by atoms with van der Waals surface area (Å²) in [5.74, 6) is 1.71. The molecule has 1 aliphatic carbocycles. The molecule has 0 unspecified atom stereocenters. The van der Waals surface area contributed by atoms with E-state index in [1.807, 2.05) is 28.9 Å². The fourth-order valence-corrected chi connectivity index (χ4v) is 5.12. The molecule has 2 aliphatic rings. The van der Waals surface area contributed by atoms with Crippen molar-refractivity contribution in [3.8, 4) is 5.75 Å². The monoisotopic (exact) mass is 463 g/mol. The minimum Gasteiger partial charge on any atom is -0.497 e. The van der Waals surface area contributed by atoms with Crippen LogP contribution in [0.25, 0.3) is 0 Å². The highest BCUT2D eigenvalue weighted by atomic mass is 16.6. The number of hydrogen-bond donors (Lipinski definition) is 0. The van der Waals surface area contributed by atoms with Crippen molar-refractivity contribution in [1.82, 2.24) is 25.1 Å². The third-order valence-corrected chi connectivity index (χ3v) is 6.97. The van der Waals surface area contributed by atoms with Gasteiger partial charge in [-0.2, -0.15) is 0 Å². The van der Waals surface area contributed by atoms with Gasteiger partial charge in [0.15, 0.2) is 5.82 Å². The van der Waals surface area contributed by atoms with E-state index < -0.39 is 0 Å². The summed E-state index contributed by atoms with van der Waals surface area (Å²) in [5.41, 5.74) is 2.25. The van der Waals surface area contributed by atoms with E-state index in [-0.39, 0.29) is 16.7 Å². The Kier molecular flexibility index (Phi) is 6.39. The Labute approximate surface area is 198 Å². The SMILES string of the molecule is COc1ccc([C@@H](c2nnnn2C2CCCC2)N2CCN(c3ccc([N+](=O)[O-])cc3)CC2)cc1. The second-order valence-electron chi connectivity index (χ2n) is 8.89. The zero-order valence-corrected chi connectivity index (χ0v) is 19.3. The number of methoxy groups -OCH3 is 1. The van der Waals surface area contributed by atoms with Gasteiger partial charge in [-0.1, -0.05) is 25.0 Å². The number of ether oxygens (including phenoxy) is 1. The topological polar surface area (TPSA) is 102 Å². The molecular formula is C24H29N7O3. The molecule has 1 atom stereocenters. The van der Waals surface area contributed by atoms with Gasteiger partial charge in [-0.25, -0.2) is 4.68 Å². The Morgan fingerprint density at radius 3 is 2.29 bits per heavy atom. The van der Waals surface area contributed by atoms with Gasteiger partial charge in [0.1, 0.15) is 5.75 Å². The second-order valence-corrected chi connectivity index (χ2v) is 8.89. The van der Waals surface area contributed by atoms with Crippen LogP contribution in [0.2, 0.25) is 0 Å². The molecule has 2 aromatic carbocycles. The number of benzene rings is 2. The average Bonchev–Trinajstić information content (AvgIpc) is 3.58. The van der Waals surface area contributed by atoms with Gasteiger partial charge in [-0.15, -0.1) is 5.10 Å². The first-order valence-electron chi connectivity index (χ1n) is 11.8. The third kappa shape index (κ3) is 4.45. The van der Waals surface area contributed by atoms with E-state index in [0.717, 1.165) is 61.8 Å². The summed E-state index contributed by atoms with van der Waals surface area (Å²) in [6, 6.07) is 15.3. The molecule has 178 valence electrons. The summed E-state index contributed by atoms with van der Waals surface area (Å²) in [5, 5.41) is 24.0. The predicted molar refractivity (Wildman–Crippen MR) is 127 cm³/mol. The first kappa shape index (κ1) is 22.3. The van der Waals surface area contributed by atoms with Crippen LogP contribution in [0.1, 0.15) is 49.2 Å². The quantitative estimate of drug-likeness (QED) is 0.387. The number of non-ortho nitro benzene ring substituents is 1. The molecule has 0 spiro atoms. The lowest BCUT2D eigenvalue weighted by Gasteiger charge is -2.40. The molecule has 0 radical (unpaired) electrons. The van der Waals surface area contributed by atoms with Crippen molar-refractivity contribution in [1.29, 1.82) is 0 Å². The van der Waals surface area contributed by atoms with Crippen LogP contribution in [0.4, 0.5) is 11.4 Å². The molecule has 0 N–H and O–H groups in total. The standard InChI is InChI=1S/C24H29N7O3/c1-34-22-12-6-18(7-13-22)23(24-25-26-27-30(24)20-4-2-3-5-20)29-16-14-28(15-17-29)19-8-10-21(11-9-19)31(32)33/h6-13,20,23H,2-5,14-17H2,1H3/t23-/m0/s1.